The number of fused-ring (bicyclic) bond motifs is 1. The van der Waals surface area contributed by atoms with Crippen LogP contribution >= 0.6 is 0 Å². The molecule has 3 heterocycles. The van der Waals surface area contributed by atoms with Gasteiger partial charge in [-0.2, -0.15) is 5.10 Å². The highest BCUT2D eigenvalue weighted by molar-refractivity contribution is 5.69. The minimum Gasteiger partial charge on any atom is -0.354 e. The maximum atomic E-state index is 4.52. The van der Waals surface area contributed by atoms with Gasteiger partial charge < -0.3 is 10.2 Å². The summed E-state index contributed by atoms with van der Waals surface area (Å²) >= 11 is 0. The van der Waals surface area contributed by atoms with Crippen LogP contribution in [0.3, 0.4) is 0 Å². The molecule has 0 aliphatic carbocycles. The van der Waals surface area contributed by atoms with Crippen molar-refractivity contribution in [3.63, 3.8) is 0 Å². The highest BCUT2D eigenvalue weighted by Gasteiger charge is 2.14. The van der Waals surface area contributed by atoms with Gasteiger partial charge in [0, 0.05) is 32.0 Å². The Balaban J connectivity index is 2.03. The molecule has 0 atom stereocenters. The molecule has 5 nitrogen and oxygen atoms in total. The van der Waals surface area contributed by atoms with Gasteiger partial charge >= 0.3 is 0 Å². The zero-order chi connectivity index (χ0) is 11.7. The van der Waals surface area contributed by atoms with E-state index in [2.05, 4.69) is 26.4 Å². The van der Waals surface area contributed by atoms with Gasteiger partial charge in [-0.1, -0.05) is 0 Å². The van der Waals surface area contributed by atoms with E-state index in [0.29, 0.717) is 0 Å². The van der Waals surface area contributed by atoms with Gasteiger partial charge in [-0.3, -0.25) is 0 Å². The molecule has 1 saturated heterocycles. The van der Waals surface area contributed by atoms with Gasteiger partial charge in [0.1, 0.15) is 5.52 Å². The zero-order valence-corrected chi connectivity index (χ0v) is 10.1. The number of hydrogen-bond acceptors (Lipinski definition) is 4. The van der Waals surface area contributed by atoms with Gasteiger partial charge in [0.15, 0.2) is 5.82 Å². The molecular weight excluding hydrogens is 214 g/mol. The topological polar surface area (TPSA) is 45.5 Å². The predicted octanol–water partition coefficient (Wildman–Crippen LogP) is 0.837. The molecule has 90 valence electrons. The Morgan fingerprint density at radius 2 is 2.24 bits per heavy atom. The molecule has 1 N–H and O–H groups in total. The van der Waals surface area contributed by atoms with Gasteiger partial charge in [-0.25, -0.2) is 9.50 Å². The number of anilines is 1. The van der Waals surface area contributed by atoms with Gasteiger partial charge in [0.25, 0.3) is 0 Å². The second kappa shape index (κ2) is 4.33. The quantitative estimate of drug-likeness (QED) is 0.790. The molecule has 1 fully saturated rings. The van der Waals surface area contributed by atoms with E-state index in [9.17, 15) is 0 Å². The van der Waals surface area contributed by atoms with Crippen molar-refractivity contribution < 1.29 is 0 Å². The van der Waals surface area contributed by atoms with E-state index in [0.717, 1.165) is 49.6 Å². The van der Waals surface area contributed by atoms with E-state index in [4.69, 9.17) is 0 Å². The lowest BCUT2D eigenvalue weighted by Crippen LogP contribution is -2.29. The minimum absolute atomic E-state index is 1.01. The van der Waals surface area contributed by atoms with E-state index in [1.165, 1.54) is 0 Å². The smallest absolute Gasteiger partial charge is 0.154 e. The second-order valence-corrected chi connectivity index (χ2v) is 4.46. The number of rotatable bonds is 1. The molecule has 0 radical (unpaired) electrons. The van der Waals surface area contributed by atoms with Crippen LogP contribution in [0.25, 0.3) is 5.52 Å². The number of nitrogens with one attached hydrogen (secondary N) is 1. The summed E-state index contributed by atoms with van der Waals surface area (Å²) in [7, 11) is 0. The first kappa shape index (κ1) is 10.5. The normalized spacial score (nSPS) is 17.4. The highest BCUT2D eigenvalue weighted by atomic mass is 15.3. The fraction of sp³-hybridized carbons (Fsp3) is 0.500. The molecule has 0 aromatic carbocycles. The largest absolute Gasteiger partial charge is 0.354 e. The maximum absolute atomic E-state index is 4.52. The average molecular weight is 231 g/mol. The van der Waals surface area contributed by atoms with E-state index >= 15 is 0 Å². The Hall–Kier alpha value is -1.62. The number of aromatic nitrogens is 3. The molecule has 5 heteroatoms. The first-order valence-corrected chi connectivity index (χ1v) is 6.11. The standard InChI is InChI=1S/C12H17N5/c1-10-9-11-12(14-5-8-17(11)15-10)16-6-2-3-13-4-7-16/h5,8-9,13H,2-4,6-7H2,1H3. The van der Waals surface area contributed by atoms with Crippen LogP contribution in [0.1, 0.15) is 12.1 Å². The Morgan fingerprint density at radius 1 is 1.29 bits per heavy atom. The molecule has 1 aliphatic rings. The van der Waals surface area contributed by atoms with E-state index in [1.54, 1.807) is 0 Å². The van der Waals surface area contributed by atoms with Crippen LogP contribution < -0.4 is 10.2 Å². The third kappa shape index (κ3) is 1.98. The van der Waals surface area contributed by atoms with Crippen molar-refractivity contribution in [1.82, 2.24) is 19.9 Å². The summed E-state index contributed by atoms with van der Waals surface area (Å²) in [5.74, 6) is 1.05. The van der Waals surface area contributed by atoms with Gasteiger partial charge in [-0.05, 0) is 26.0 Å². The van der Waals surface area contributed by atoms with Gasteiger partial charge in [0.05, 0.1) is 5.69 Å². The third-order valence-corrected chi connectivity index (χ3v) is 3.13. The van der Waals surface area contributed by atoms with Crippen molar-refractivity contribution in [1.29, 1.82) is 0 Å². The second-order valence-electron chi connectivity index (χ2n) is 4.46. The summed E-state index contributed by atoms with van der Waals surface area (Å²) in [6, 6.07) is 2.10. The monoisotopic (exact) mass is 231 g/mol. The van der Waals surface area contributed by atoms with Crippen LogP contribution in [-0.4, -0.2) is 40.8 Å². The molecule has 0 saturated carbocycles. The SMILES string of the molecule is Cc1cc2c(N3CCCNCC3)nccn2n1. The lowest BCUT2D eigenvalue weighted by Gasteiger charge is -2.21. The molecular formula is C12H17N5. The number of nitrogens with zero attached hydrogens (tertiary/aromatic N) is 4. The molecule has 0 unspecified atom stereocenters. The lowest BCUT2D eigenvalue weighted by molar-refractivity contribution is 0.724. The summed E-state index contributed by atoms with van der Waals surface area (Å²) < 4.78 is 1.91. The zero-order valence-electron chi connectivity index (χ0n) is 10.1. The summed E-state index contributed by atoms with van der Waals surface area (Å²) in [6.45, 7) is 6.20. The van der Waals surface area contributed by atoms with E-state index in [-0.39, 0.29) is 0 Å². The summed E-state index contributed by atoms with van der Waals surface area (Å²) in [5.41, 5.74) is 2.14. The molecule has 2 aromatic heterocycles. The van der Waals surface area contributed by atoms with Gasteiger partial charge in [-0.15, -0.1) is 0 Å². The molecule has 1 aliphatic heterocycles. The van der Waals surface area contributed by atoms with E-state index < -0.39 is 0 Å². The first-order chi connectivity index (χ1) is 8.34. The molecule has 2 aromatic rings. The molecule has 3 rings (SSSR count). The van der Waals surface area contributed by atoms with Crippen LogP contribution in [0.5, 0.6) is 0 Å². The van der Waals surface area contributed by atoms with Crippen LogP contribution in [-0.2, 0) is 0 Å². The summed E-state index contributed by atoms with van der Waals surface area (Å²) in [4.78, 5) is 6.87. The highest BCUT2D eigenvalue weighted by Crippen LogP contribution is 2.19. The van der Waals surface area contributed by atoms with Crippen LogP contribution in [0.2, 0.25) is 0 Å². The number of hydrogen-bond donors (Lipinski definition) is 1. The van der Waals surface area contributed by atoms with Crippen LogP contribution in [0.4, 0.5) is 5.82 Å². The first-order valence-electron chi connectivity index (χ1n) is 6.11. The molecule has 17 heavy (non-hydrogen) atoms. The Labute approximate surface area is 100 Å². The maximum Gasteiger partial charge on any atom is 0.154 e. The fourth-order valence-corrected chi connectivity index (χ4v) is 2.33. The van der Waals surface area contributed by atoms with Crippen molar-refractivity contribution in [2.24, 2.45) is 0 Å². The average Bonchev–Trinajstić information content (AvgIpc) is 2.55. The summed E-state index contributed by atoms with van der Waals surface area (Å²) in [5, 5.41) is 7.83. The van der Waals surface area contributed by atoms with Crippen molar-refractivity contribution in [3.05, 3.63) is 24.2 Å². The predicted molar refractivity (Wildman–Crippen MR) is 67.4 cm³/mol. The Morgan fingerprint density at radius 3 is 3.18 bits per heavy atom. The van der Waals surface area contributed by atoms with E-state index in [1.807, 2.05) is 23.8 Å². The third-order valence-electron chi connectivity index (χ3n) is 3.13. The molecule has 0 spiro atoms. The fourth-order valence-electron chi connectivity index (χ4n) is 2.33. The van der Waals surface area contributed by atoms with Crippen molar-refractivity contribution in [2.45, 2.75) is 13.3 Å². The van der Waals surface area contributed by atoms with Crippen LogP contribution in [0, 0.1) is 6.92 Å². The lowest BCUT2D eigenvalue weighted by atomic mass is 10.3. The van der Waals surface area contributed by atoms with Crippen molar-refractivity contribution in [3.8, 4) is 0 Å². The minimum atomic E-state index is 1.01. The van der Waals surface area contributed by atoms with Crippen LogP contribution in [0.15, 0.2) is 18.5 Å². The summed E-state index contributed by atoms with van der Waals surface area (Å²) in [6.07, 6.45) is 4.89. The Kier molecular flexibility index (Phi) is 2.68. The molecule has 0 bridgehead atoms. The number of aryl methyl sites for hydroxylation is 1. The van der Waals surface area contributed by atoms with Crippen molar-refractivity contribution in [2.75, 3.05) is 31.1 Å². The Bertz CT molecular complexity index is 511. The van der Waals surface area contributed by atoms with Gasteiger partial charge in [0.2, 0.25) is 0 Å². The molecule has 0 amide bonds. The van der Waals surface area contributed by atoms with Crippen molar-refractivity contribution >= 4 is 11.3 Å².